The van der Waals surface area contributed by atoms with Crippen LogP contribution in [0.25, 0.3) is 6.08 Å². The quantitative estimate of drug-likeness (QED) is 0.194. The lowest BCUT2D eigenvalue weighted by Gasteiger charge is -2.16. The van der Waals surface area contributed by atoms with Gasteiger partial charge >= 0.3 is 0 Å². The predicted molar refractivity (Wildman–Crippen MR) is 128 cm³/mol. The molecule has 4 nitrogen and oxygen atoms in total. The third-order valence-corrected chi connectivity index (χ3v) is 4.53. The van der Waals surface area contributed by atoms with E-state index in [1.54, 1.807) is 18.2 Å². The molecule has 0 spiro atoms. The third kappa shape index (κ3) is 7.63. The standard InChI is InChI=1S/C27H34O4/c1-5-9-25-22(19-24(30-17-7-3)20-27(25)31-18-8-4)12-15-26(28)21-10-13-23(14-11-21)29-16-6-2/h5,10-15,19-20H,1,6-9,16-18H2,2-4H3/b15-12+. The van der Waals surface area contributed by atoms with E-state index in [0.29, 0.717) is 31.8 Å². The number of hydrogen-bond donors (Lipinski definition) is 0. The molecular formula is C27H34O4. The molecule has 31 heavy (non-hydrogen) atoms. The molecular weight excluding hydrogens is 388 g/mol. The van der Waals surface area contributed by atoms with Gasteiger partial charge in [-0.3, -0.25) is 4.79 Å². The van der Waals surface area contributed by atoms with Crippen molar-refractivity contribution in [2.45, 2.75) is 46.5 Å². The van der Waals surface area contributed by atoms with Gasteiger partial charge in [0, 0.05) is 17.2 Å². The number of hydrogen-bond acceptors (Lipinski definition) is 4. The predicted octanol–water partition coefficient (Wildman–Crippen LogP) is 6.68. The summed E-state index contributed by atoms with van der Waals surface area (Å²) in [7, 11) is 0. The van der Waals surface area contributed by atoms with E-state index in [9.17, 15) is 4.79 Å². The summed E-state index contributed by atoms with van der Waals surface area (Å²) in [4.78, 5) is 12.7. The van der Waals surface area contributed by atoms with Crippen LogP contribution in [0.1, 0.15) is 61.5 Å². The molecule has 4 heteroatoms. The Morgan fingerprint density at radius 3 is 2.10 bits per heavy atom. The number of allylic oxidation sites excluding steroid dienone is 2. The zero-order chi connectivity index (χ0) is 22.5. The molecule has 2 aromatic carbocycles. The van der Waals surface area contributed by atoms with Gasteiger partial charge in [0.25, 0.3) is 0 Å². The molecule has 0 heterocycles. The maximum absolute atomic E-state index is 12.7. The Labute approximate surface area is 186 Å². The Morgan fingerprint density at radius 2 is 1.48 bits per heavy atom. The molecule has 0 unspecified atom stereocenters. The third-order valence-electron chi connectivity index (χ3n) is 4.53. The van der Waals surface area contributed by atoms with Crippen molar-refractivity contribution >= 4 is 11.9 Å². The maximum atomic E-state index is 12.7. The number of rotatable bonds is 14. The van der Waals surface area contributed by atoms with Gasteiger partial charge in [0.1, 0.15) is 17.2 Å². The molecule has 0 radical (unpaired) electrons. The zero-order valence-corrected chi connectivity index (χ0v) is 19.0. The van der Waals surface area contributed by atoms with Crippen LogP contribution in [0.3, 0.4) is 0 Å². The Kier molecular flexibility index (Phi) is 10.4. The molecule has 0 atom stereocenters. The molecule has 0 aliphatic rings. The molecule has 0 amide bonds. The van der Waals surface area contributed by atoms with Crippen molar-refractivity contribution < 1.29 is 19.0 Å². The van der Waals surface area contributed by atoms with Gasteiger partial charge in [0.2, 0.25) is 0 Å². The molecule has 166 valence electrons. The van der Waals surface area contributed by atoms with Gasteiger partial charge in [-0.05, 0) is 67.7 Å². The van der Waals surface area contributed by atoms with E-state index in [1.165, 1.54) is 0 Å². The lowest BCUT2D eigenvalue weighted by molar-refractivity contribution is 0.104. The highest BCUT2D eigenvalue weighted by atomic mass is 16.5. The first-order valence-electron chi connectivity index (χ1n) is 11.1. The Morgan fingerprint density at radius 1 is 0.871 bits per heavy atom. The normalized spacial score (nSPS) is 10.8. The molecule has 0 aliphatic carbocycles. The summed E-state index contributed by atoms with van der Waals surface area (Å²) < 4.78 is 17.4. The van der Waals surface area contributed by atoms with Crippen LogP contribution in [-0.2, 0) is 6.42 Å². The first kappa shape index (κ1) is 24.3. The summed E-state index contributed by atoms with van der Waals surface area (Å²) in [5, 5.41) is 0. The number of ether oxygens (including phenoxy) is 3. The van der Waals surface area contributed by atoms with Gasteiger partial charge in [0.05, 0.1) is 19.8 Å². The summed E-state index contributed by atoms with van der Waals surface area (Å²) >= 11 is 0. The van der Waals surface area contributed by atoms with E-state index in [2.05, 4.69) is 27.4 Å². The molecule has 0 fully saturated rings. The number of benzene rings is 2. The van der Waals surface area contributed by atoms with Gasteiger partial charge in [-0.15, -0.1) is 6.58 Å². The van der Waals surface area contributed by atoms with Crippen molar-refractivity contribution in [3.05, 3.63) is 71.8 Å². The zero-order valence-electron chi connectivity index (χ0n) is 19.0. The molecule has 0 aromatic heterocycles. The second-order valence-electron chi connectivity index (χ2n) is 7.25. The van der Waals surface area contributed by atoms with E-state index < -0.39 is 0 Å². The summed E-state index contributed by atoms with van der Waals surface area (Å²) in [6.45, 7) is 12.0. The first-order valence-corrected chi connectivity index (χ1v) is 11.1. The van der Waals surface area contributed by atoms with Crippen LogP contribution in [0.4, 0.5) is 0 Å². The molecule has 0 aliphatic heterocycles. The molecule has 2 rings (SSSR count). The minimum Gasteiger partial charge on any atom is -0.494 e. The van der Waals surface area contributed by atoms with Crippen molar-refractivity contribution in [3.63, 3.8) is 0 Å². The minimum absolute atomic E-state index is 0.0671. The topological polar surface area (TPSA) is 44.8 Å². The Hall–Kier alpha value is -3.01. The van der Waals surface area contributed by atoms with Crippen molar-refractivity contribution in [2.75, 3.05) is 19.8 Å². The van der Waals surface area contributed by atoms with Gasteiger partial charge in [-0.2, -0.15) is 0 Å². The Bertz CT molecular complexity index is 866. The SMILES string of the molecule is C=CCc1c(/C=C/C(=O)c2ccc(OCCC)cc2)cc(OCCC)cc1OCCC. The van der Waals surface area contributed by atoms with Crippen LogP contribution in [0.5, 0.6) is 17.2 Å². The fourth-order valence-corrected chi connectivity index (χ4v) is 2.99. The van der Waals surface area contributed by atoms with Crippen molar-refractivity contribution in [1.29, 1.82) is 0 Å². The van der Waals surface area contributed by atoms with Crippen LogP contribution in [0.15, 0.2) is 55.1 Å². The van der Waals surface area contributed by atoms with Gasteiger partial charge < -0.3 is 14.2 Å². The summed E-state index contributed by atoms with van der Waals surface area (Å²) in [5.74, 6) is 2.22. The van der Waals surface area contributed by atoms with Gasteiger partial charge in [-0.1, -0.05) is 32.9 Å². The lowest BCUT2D eigenvalue weighted by atomic mass is 10.0. The van der Waals surface area contributed by atoms with Crippen molar-refractivity contribution in [1.82, 2.24) is 0 Å². The summed E-state index contributed by atoms with van der Waals surface area (Å²) in [6.07, 6.45) is 8.69. The number of carbonyl (C=O) groups is 1. The molecule has 0 saturated carbocycles. The lowest BCUT2D eigenvalue weighted by Crippen LogP contribution is -2.03. The second-order valence-corrected chi connectivity index (χ2v) is 7.25. The average Bonchev–Trinajstić information content (AvgIpc) is 2.80. The van der Waals surface area contributed by atoms with Crippen LogP contribution >= 0.6 is 0 Å². The Balaban J connectivity index is 2.29. The summed E-state index contributed by atoms with van der Waals surface area (Å²) in [6, 6.07) is 11.1. The molecule has 0 saturated heterocycles. The summed E-state index contributed by atoms with van der Waals surface area (Å²) in [5.41, 5.74) is 2.52. The second kappa shape index (κ2) is 13.3. The largest absolute Gasteiger partial charge is 0.494 e. The molecule has 2 aromatic rings. The smallest absolute Gasteiger partial charge is 0.185 e. The fourth-order valence-electron chi connectivity index (χ4n) is 2.99. The number of carbonyl (C=O) groups excluding carboxylic acids is 1. The first-order chi connectivity index (χ1) is 15.1. The monoisotopic (exact) mass is 422 g/mol. The minimum atomic E-state index is -0.0671. The van der Waals surface area contributed by atoms with E-state index in [4.69, 9.17) is 14.2 Å². The number of ketones is 1. The van der Waals surface area contributed by atoms with E-state index in [0.717, 1.165) is 47.6 Å². The highest BCUT2D eigenvalue weighted by Gasteiger charge is 2.12. The highest BCUT2D eigenvalue weighted by Crippen LogP contribution is 2.31. The molecule has 0 N–H and O–H groups in total. The van der Waals surface area contributed by atoms with Crippen LogP contribution in [-0.4, -0.2) is 25.6 Å². The molecule has 0 bridgehead atoms. The van der Waals surface area contributed by atoms with Gasteiger partial charge in [0.15, 0.2) is 5.78 Å². The fraction of sp³-hybridized carbons (Fsp3) is 0.370. The van der Waals surface area contributed by atoms with Crippen molar-refractivity contribution in [2.24, 2.45) is 0 Å². The van der Waals surface area contributed by atoms with E-state index >= 15 is 0 Å². The van der Waals surface area contributed by atoms with E-state index in [-0.39, 0.29) is 5.78 Å². The van der Waals surface area contributed by atoms with Crippen LogP contribution < -0.4 is 14.2 Å². The van der Waals surface area contributed by atoms with E-state index in [1.807, 2.05) is 36.4 Å². The maximum Gasteiger partial charge on any atom is 0.185 e. The van der Waals surface area contributed by atoms with Crippen LogP contribution in [0.2, 0.25) is 0 Å². The average molecular weight is 423 g/mol. The highest BCUT2D eigenvalue weighted by molar-refractivity contribution is 6.07. The van der Waals surface area contributed by atoms with Crippen LogP contribution in [0, 0.1) is 0 Å². The van der Waals surface area contributed by atoms with Gasteiger partial charge in [-0.25, -0.2) is 0 Å². The van der Waals surface area contributed by atoms with Crippen molar-refractivity contribution in [3.8, 4) is 17.2 Å².